The fourth-order valence-corrected chi connectivity index (χ4v) is 2.52. The molecule has 0 spiro atoms. The van der Waals surface area contributed by atoms with Crippen molar-refractivity contribution in [3.05, 3.63) is 28.5 Å². The van der Waals surface area contributed by atoms with Gasteiger partial charge in [-0.15, -0.1) is 11.6 Å². The maximum absolute atomic E-state index is 6.02. The molecule has 1 aromatic heterocycles. The minimum Gasteiger partial charge on any atom is -0.326 e. The lowest BCUT2D eigenvalue weighted by Gasteiger charge is -2.24. The molecule has 2 aromatic rings. The van der Waals surface area contributed by atoms with Gasteiger partial charge >= 0.3 is 0 Å². The molecule has 1 aromatic carbocycles. The van der Waals surface area contributed by atoms with Crippen LogP contribution in [-0.4, -0.2) is 9.55 Å². The Morgan fingerprint density at radius 3 is 2.72 bits per heavy atom. The number of fused-ring (bicyclic) bond motifs is 1. The van der Waals surface area contributed by atoms with Crippen LogP contribution in [0.1, 0.15) is 33.0 Å². The molecular weight excluding hydrogens is 312 g/mol. The van der Waals surface area contributed by atoms with Gasteiger partial charge in [-0.05, 0) is 30.0 Å². The average Bonchev–Trinajstić information content (AvgIpc) is 2.67. The second-order valence-electron chi connectivity index (χ2n) is 5.40. The van der Waals surface area contributed by atoms with Crippen LogP contribution in [0.25, 0.3) is 11.0 Å². The fourth-order valence-electron chi connectivity index (χ4n) is 1.96. The summed E-state index contributed by atoms with van der Waals surface area (Å²) in [6.45, 7) is 7.71. The first-order chi connectivity index (χ1) is 8.46. The van der Waals surface area contributed by atoms with E-state index in [9.17, 15) is 0 Å². The van der Waals surface area contributed by atoms with E-state index in [1.165, 1.54) is 0 Å². The highest BCUT2D eigenvalue weighted by molar-refractivity contribution is 9.10. The number of nitrogens with zero attached hydrogens (tertiary/aromatic N) is 2. The van der Waals surface area contributed by atoms with Crippen molar-refractivity contribution in [3.63, 3.8) is 0 Å². The predicted octanol–water partition coefficient (Wildman–Crippen LogP) is 4.97. The Kier molecular flexibility index (Phi) is 4.02. The van der Waals surface area contributed by atoms with Gasteiger partial charge in [-0.3, -0.25) is 0 Å². The third-order valence-corrected chi connectivity index (χ3v) is 4.18. The van der Waals surface area contributed by atoms with Crippen molar-refractivity contribution in [1.82, 2.24) is 9.55 Å². The van der Waals surface area contributed by atoms with Crippen molar-refractivity contribution in [3.8, 4) is 0 Å². The van der Waals surface area contributed by atoms with E-state index in [1.807, 2.05) is 12.1 Å². The maximum atomic E-state index is 6.02. The number of halogens is 2. The van der Waals surface area contributed by atoms with Crippen LogP contribution in [0.4, 0.5) is 0 Å². The van der Waals surface area contributed by atoms with E-state index in [0.717, 1.165) is 34.3 Å². The Morgan fingerprint density at radius 2 is 2.11 bits per heavy atom. The Morgan fingerprint density at radius 1 is 1.39 bits per heavy atom. The normalized spacial score (nSPS) is 12.3. The van der Waals surface area contributed by atoms with Crippen LogP contribution in [0.2, 0.25) is 0 Å². The van der Waals surface area contributed by atoms with Gasteiger partial charge in [0.15, 0.2) is 0 Å². The highest BCUT2D eigenvalue weighted by atomic mass is 79.9. The number of benzene rings is 1. The summed E-state index contributed by atoms with van der Waals surface area (Å²) in [5.41, 5.74) is 2.42. The minimum absolute atomic E-state index is 0.247. The second kappa shape index (κ2) is 5.22. The lowest BCUT2D eigenvalue weighted by molar-refractivity contribution is 0.295. The molecule has 98 valence electrons. The van der Waals surface area contributed by atoms with E-state index in [-0.39, 0.29) is 5.41 Å². The maximum Gasteiger partial charge on any atom is 0.124 e. The third kappa shape index (κ3) is 2.72. The van der Waals surface area contributed by atoms with Crippen molar-refractivity contribution in [1.29, 1.82) is 0 Å². The van der Waals surface area contributed by atoms with E-state index in [0.29, 0.717) is 5.88 Å². The molecule has 0 aliphatic heterocycles. The molecule has 0 radical (unpaired) electrons. The Hall–Kier alpha value is -0.540. The first-order valence-electron chi connectivity index (χ1n) is 6.17. The standard InChI is InChI=1S/C14H18BrClN2/c1-4-14(2,3)9-18-12-7-10(15)5-6-11(12)17-13(18)8-16/h5-7H,4,8-9H2,1-3H3. The molecule has 2 nitrogen and oxygen atoms in total. The summed E-state index contributed by atoms with van der Waals surface area (Å²) < 4.78 is 3.32. The van der Waals surface area contributed by atoms with Crippen LogP contribution >= 0.6 is 27.5 Å². The van der Waals surface area contributed by atoms with Gasteiger partial charge in [0.1, 0.15) is 5.82 Å². The zero-order chi connectivity index (χ0) is 13.3. The van der Waals surface area contributed by atoms with Gasteiger partial charge in [-0.25, -0.2) is 4.98 Å². The van der Waals surface area contributed by atoms with Crippen LogP contribution in [0.15, 0.2) is 22.7 Å². The molecule has 0 atom stereocenters. The lowest BCUT2D eigenvalue weighted by atomic mass is 9.90. The molecule has 0 amide bonds. The third-order valence-electron chi connectivity index (χ3n) is 3.45. The van der Waals surface area contributed by atoms with Crippen LogP contribution in [0.5, 0.6) is 0 Å². The number of aromatic nitrogens is 2. The van der Waals surface area contributed by atoms with Gasteiger partial charge in [-0.1, -0.05) is 36.7 Å². The molecule has 2 rings (SSSR count). The molecule has 0 fully saturated rings. The molecule has 0 aliphatic carbocycles. The monoisotopic (exact) mass is 328 g/mol. The zero-order valence-corrected chi connectivity index (χ0v) is 13.3. The molecule has 0 bridgehead atoms. The van der Waals surface area contributed by atoms with Gasteiger partial charge in [0.25, 0.3) is 0 Å². The second-order valence-corrected chi connectivity index (χ2v) is 6.58. The SMILES string of the molecule is CCC(C)(C)Cn1c(CCl)nc2ccc(Br)cc21. The molecular formula is C14H18BrClN2. The summed E-state index contributed by atoms with van der Waals surface area (Å²) in [5, 5.41) is 0. The predicted molar refractivity (Wildman–Crippen MR) is 81.1 cm³/mol. The molecule has 18 heavy (non-hydrogen) atoms. The molecule has 0 saturated carbocycles. The molecule has 0 N–H and O–H groups in total. The number of rotatable bonds is 4. The van der Waals surface area contributed by atoms with Crippen LogP contribution in [0, 0.1) is 5.41 Å². The Balaban J connectivity index is 2.55. The number of hydrogen-bond donors (Lipinski definition) is 0. The average molecular weight is 330 g/mol. The summed E-state index contributed by atoms with van der Waals surface area (Å²) in [7, 11) is 0. The van der Waals surface area contributed by atoms with E-state index < -0.39 is 0 Å². The molecule has 0 unspecified atom stereocenters. The molecule has 4 heteroatoms. The van der Waals surface area contributed by atoms with E-state index in [1.54, 1.807) is 0 Å². The molecule has 0 saturated heterocycles. The summed E-state index contributed by atoms with van der Waals surface area (Å²) in [6.07, 6.45) is 1.13. The minimum atomic E-state index is 0.247. The smallest absolute Gasteiger partial charge is 0.124 e. The van der Waals surface area contributed by atoms with Gasteiger partial charge in [-0.2, -0.15) is 0 Å². The lowest BCUT2D eigenvalue weighted by Crippen LogP contribution is -2.19. The van der Waals surface area contributed by atoms with Crippen LogP contribution in [0.3, 0.4) is 0 Å². The summed E-state index contributed by atoms with van der Waals surface area (Å²) >= 11 is 9.54. The first kappa shape index (κ1) is 13.9. The summed E-state index contributed by atoms with van der Waals surface area (Å²) in [5.74, 6) is 1.40. The van der Waals surface area contributed by atoms with Crippen molar-refractivity contribution in [2.24, 2.45) is 5.41 Å². The molecule has 1 heterocycles. The highest BCUT2D eigenvalue weighted by Crippen LogP contribution is 2.28. The summed E-state index contributed by atoms with van der Waals surface area (Å²) in [6, 6.07) is 6.16. The number of imidazole rings is 1. The number of alkyl halides is 1. The van der Waals surface area contributed by atoms with Gasteiger partial charge < -0.3 is 4.57 Å². The number of hydrogen-bond acceptors (Lipinski definition) is 1. The van der Waals surface area contributed by atoms with E-state index >= 15 is 0 Å². The van der Waals surface area contributed by atoms with Gasteiger partial charge in [0, 0.05) is 11.0 Å². The van der Waals surface area contributed by atoms with Crippen LogP contribution in [-0.2, 0) is 12.4 Å². The van der Waals surface area contributed by atoms with Crippen molar-refractivity contribution in [2.45, 2.75) is 39.6 Å². The Labute approximate surface area is 121 Å². The summed E-state index contributed by atoms with van der Waals surface area (Å²) in [4.78, 5) is 4.60. The van der Waals surface area contributed by atoms with E-state index in [4.69, 9.17) is 11.6 Å². The molecule has 0 aliphatic rings. The van der Waals surface area contributed by atoms with Crippen molar-refractivity contribution >= 4 is 38.6 Å². The van der Waals surface area contributed by atoms with Crippen molar-refractivity contribution in [2.75, 3.05) is 0 Å². The topological polar surface area (TPSA) is 17.8 Å². The highest BCUT2D eigenvalue weighted by Gasteiger charge is 2.20. The van der Waals surface area contributed by atoms with Crippen LogP contribution < -0.4 is 0 Å². The van der Waals surface area contributed by atoms with Crippen molar-refractivity contribution < 1.29 is 0 Å². The largest absolute Gasteiger partial charge is 0.326 e. The van der Waals surface area contributed by atoms with Gasteiger partial charge in [0.2, 0.25) is 0 Å². The quantitative estimate of drug-likeness (QED) is 0.724. The fraction of sp³-hybridized carbons (Fsp3) is 0.500. The zero-order valence-electron chi connectivity index (χ0n) is 11.0. The first-order valence-corrected chi connectivity index (χ1v) is 7.50. The Bertz CT molecular complexity index is 560. The van der Waals surface area contributed by atoms with Gasteiger partial charge in [0.05, 0.1) is 16.9 Å². The van der Waals surface area contributed by atoms with E-state index in [2.05, 4.69) is 52.3 Å².